The van der Waals surface area contributed by atoms with Crippen LogP contribution in [-0.4, -0.2) is 34.8 Å². The van der Waals surface area contributed by atoms with Crippen LogP contribution in [0, 0.1) is 0 Å². The van der Waals surface area contributed by atoms with Gasteiger partial charge in [-0.2, -0.15) is 0 Å². The van der Waals surface area contributed by atoms with Crippen molar-refractivity contribution in [3.63, 3.8) is 0 Å². The molecular weight excluding hydrogens is 256 g/mol. The van der Waals surface area contributed by atoms with Gasteiger partial charge in [-0.3, -0.25) is 4.68 Å². The molecule has 6 heteroatoms. The first-order valence-electron chi connectivity index (χ1n) is 6.77. The molecule has 1 atom stereocenters. The maximum Gasteiger partial charge on any atom is 0.161 e. The molecule has 1 aromatic carbocycles. The minimum atomic E-state index is 0.0378. The third-order valence-electron chi connectivity index (χ3n) is 3.35. The number of aromatic nitrogens is 3. The molecule has 20 heavy (non-hydrogen) atoms. The van der Waals surface area contributed by atoms with Crippen LogP contribution >= 0.6 is 0 Å². The third kappa shape index (κ3) is 2.34. The molecule has 2 heterocycles. The zero-order chi connectivity index (χ0) is 13.9. The Bertz CT molecular complexity index is 597. The number of hydrogen-bond acceptors (Lipinski definition) is 5. The molecule has 0 fully saturated rings. The molecule has 3 rings (SSSR count). The van der Waals surface area contributed by atoms with E-state index in [1.54, 1.807) is 10.9 Å². The lowest BCUT2D eigenvalue weighted by Crippen LogP contribution is -2.24. The fourth-order valence-electron chi connectivity index (χ4n) is 2.40. The quantitative estimate of drug-likeness (QED) is 0.910. The van der Waals surface area contributed by atoms with Gasteiger partial charge in [-0.1, -0.05) is 18.2 Å². The first-order chi connectivity index (χ1) is 9.79. The summed E-state index contributed by atoms with van der Waals surface area (Å²) >= 11 is 0. The molecule has 106 valence electrons. The molecular formula is C14H18N4O2. The van der Waals surface area contributed by atoms with Gasteiger partial charge in [0.05, 0.1) is 17.9 Å². The van der Waals surface area contributed by atoms with Gasteiger partial charge in [-0.15, -0.1) is 5.10 Å². The van der Waals surface area contributed by atoms with Gasteiger partial charge in [-0.25, -0.2) is 0 Å². The van der Waals surface area contributed by atoms with Crippen LogP contribution in [0.1, 0.15) is 24.2 Å². The smallest absolute Gasteiger partial charge is 0.161 e. The maximum atomic E-state index is 5.65. The highest BCUT2D eigenvalue weighted by atomic mass is 16.6. The second-order valence-corrected chi connectivity index (χ2v) is 4.68. The summed E-state index contributed by atoms with van der Waals surface area (Å²) in [5, 5.41) is 11.4. The first kappa shape index (κ1) is 12.9. The van der Waals surface area contributed by atoms with Crippen LogP contribution in [0.15, 0.2) is 24.4 Å². The van der Waals surface area contributed by atoms with E-state index in [1.807, 2.05) is 25.2 Å². The number of fused-ring (bicyclic) bond motifs is 1. The van der Waals surface area contributed by atoms with Gasteiger partial charge in [0.1, 0.15) is 13.2 Å². The number of benzene rings is 1. The molecule has 0 aliphatic carbocycles. The fourth-order valence-corrected chi connectivity index (χ4v) is 2.40. The lowest BCUT2D eigenvalue weighted by atomic mass is 10.0. The Balaban J connectivity index is 1.97. The summed E-state index contributed by atoms with van der Waals surface area (Å²) in [5.41, 5.74) is 2.13. The molecule has 0 bridgehead atoms. The molecule has 0 saturated heterocycles. The van der Waals surface area contributed by atoms with Gasteiger partial charge >= 0.3 is 0 Å². The normalized spacial score (nSPS) is 15.1. The monoisotopic (exact) mass is 274 g/mol. The van der Waals surface area contributed by atoms with Gasteiger partial charge in [0.25, 0.3) is 0 Å². The Morgan fingerprint density at radius 1 is 1.30 bits per heavy atom. The molecule has 0 spiro atoms. The highest BCUT2D eigenvalue weighted by Gasteiger charge is 2.20. The van der Waals surface area contributed by atoms with Crippen molar-refractivity contribution in [3.05, 3.63) is 35.7 Å². The molecule has 0 radical (unpaired) electrons. The van der Waals surface area contributed by atoms with E-state index in [0.29, 0.717) is 13.2 Å². The Kier molecular flexibility index (Phi) is 3.56. The number of ether oxygens (including phenoxy) is 2. The van der Waals surface area contributed by atoms with Crippen LogP contribution in [0.4, 0.5) is 0 Å². The Morgan fingerprint density at radius 2 is 2.10 bits per heavy atom. The van der Waals surface area contributed by atoms with Crippen LogP contribution in [-0.2, 0) is 7.05 Å². The van der Waals surface area contributed by atoms with E-state index in [1.165, 1.54) is 0 Å². The number of nitrogens with one attached hydrogen (secondary N) is 1. The van der Waals surface area contributed by atoms with Crippen LogP contribution in [0.2, 0.25) is 0 Å². The molecule has 1 aromatic heterocycles. The minimum absolute atomic E-state index is 0.0378. The zero-order valence-electron chi connectivity index (χ0n) is 11.7. The second kappa shape index (κ2) is 5.50. The topological polar surface area (TPSA) is 61.2 Å². The Hall–Kier alpha value is -2.08. The van der Waals surface area contributed by atoms with Crippen molar-refractivity contribution in [1.29, 1.82) is 0 Å². The van der Waals surface area contributed by atoms with Crippen molar-refractivity contribution in [2.24, 2.45) is 7.05 Å². The van der Waals surface area contributed by atoms with Crippen LogP contribution in [0.3, 0.4) is 0 Å². The van der Waals surface area contributed by atoms with Gasteiger partial charge in [-0.05, 0) is 24.2 Å². The van der Waals surface area contributed by atoms with Gasteiger partial charge in [0.2, 0.25) is 0 Å². The standard InChI is InChI=1S/C14H18N4O2/c1-3-15-14(11-9-16-17-18(11)2)10-4-5-12-13(8-10)20-7-6-19-12/h4-5,8-9,14-15H,3,6-7H2,1-2H3. The molecule has 6 nitrogen and oxygen atoms in total. The van der Waals surface area contributed by atoms with E-state index in [0.717, 1.165) is 29.3 Å². The lowest BCUT2D eigenvalue weighted by Gasteiger charge is -2.22. The molecule has 1 N–H and O–H groups in total. The summed E-state index contributed by atoms with van der Waals surface area (Å²) in [4.78, 5) is 0. The van der Waals surface area contributed by atoms with Crippen LogP contribution < -0.4 is 14.8 Å². The van der Waals surface area contributed by atoms with Crippen molar-refractivity contribution >= 4 is 0 Å². The summed E-state index contributed by atoms with van der Waals surface area (Å²) in [7, 11) is 1.89. The predicted molar refractivity (Wildman–Crippen MR) is 74.0 cm³/mol. The van der Waals surface area contributed by atoms with Gasteiger partial charge in [0, 0.05) is 7.05 Å². The SMILES string of the molecule is CCNC(c1ccc2c(c1)OCCO2)c1cnnn1C. The summed E-state index contributed by atoms with van der Waals surface area (Å²) in [6, 6.07) is 6.07. The van der Waals surface area contributed by atoms with Crippen molar-refractivity contribution in [1.82, 2.24) is 20.3 Å². The zero-order valence-corrected chi connectivity index (χ0v) is 11.7. The molecule has 0 saturated carbocycles. The molecule has 2 aromatic rings. The van der Waals surface area contributed by atoms with Crippen LogP contribution in [0.5, 0.6) is 11.5 Å². The first-order valence-corrected chi connectivity index (χ1v) is 6.77. The van der Waals surface area contributed by atoms with Gasteiger partial charge < -0.3 is 14.8 Å². The predicted octanol–water partition coefficient (Wildman–Crippen LogP) is 1.29. The van der Waals surface area contributed by atoms with Crippen molar-refractivity contribution in [2.75, 3.05) is 19.8 Å². The highest BCUT2D eigenvalue weighted by molar-refractivity contribution is 5.45. The average Bonchev–Trinajstić information content (AvgIpc) is 2.90. The number of hydrogen-bond donors (Lipinski definition) is 1. The summed E-state index contributed by atoms with van der Waals surface area (Å²) in [5.74, 6) is 1.60. The van der Waals surface area contributed by atoms with Crippen molar-refractivity contribution in [2.45, 2.75) is 13.0 Å². The number of aryl methyl sites for hydroxylation is 1. The average molecular weight is 274 g/mol. The largest absolute Gasteiger partial charge is 0.486 e. The van der Waals surface area contributed by atoms with E-state index in [9.17, 15) is 0 Å². The summed E-state index contributed by atoms with van der Waals surface area (Å²) in [6.45, 7) is 4.13. The van der Waals surface area contributed by atoms with E-state index < -0.39 is 0 Å². The third-order valence-corrected chi connectivity index (χ3v) is 3.35. The number of rotatable bonds is 4. The molecule has 0 amide bonds. The van der Waals surface area contributed by atoms with Crippen molar-refractivity contribution in [3.8, 4) is 11.5 Å². The molecule has 1 aliphatic rings. The minimum Gasteiger partial charge on any atom is -0.486 e. The summed E-state index contributed by atoms with van der Waals surface area (Å²) < 4.78 is 13.0. The molecule has 1 unspecified atom stereocenters. The summed E-state index contributed by atoms with van der Waals surface area (Å²) in [6.07, 6.45) is 1.78. The Morgan fingerprint density at radius 3 is 2.80 bits per heavy atom. The number of nitrogens with zero attached hydrogens (tertiary/aromatic N) is 3. The highest BCUT2D eigenvalue weighted by Crippen LogP contribution is 2.34. The van der Waals surface area contributed by atoms with E-state index in [2.05, 4.69) is 22.6 Å². The van der Waals surface area contributed by atoms with E-state index >= 15 is 0 Å². The van der Waals surface area contributed by atoms with E-state index in [-0.39, 0.29) is 6.04 Å². The second-order valence-electron chi connectivity index (χ2n) is 4.68. The van der Waals surface area contributed by atoms with Crippen LogP contribution in [0.25, 0.3) is 0 Å². The van der Waals surface area contributed by atoms with Gasteiger partial charge in [0.15, 0.2) is 11.5 Å². The van der Waals surface area contributed by atoms with E-state index in [4.69, 9.17) is 9.47 Å². The maximum absolute atomic E-state index is 5.65. The Labute approximate surface area is 117 Å². The fraction of sp³-hybridized carbons (Fsp3) is 0.429. The van der Waals surface area contributed by atoms with Crippen molar-refractivity contribution < 1.29 is 9.47 Å². The lowest BCUT2D eigenvalue weighted by molar-refractivity contribution is 0.171. The molecule has 1 aliphatic heterocycles.